The van der Waals surface area contributed by atoms with E-state index in [2.05, 4.69) is 6.92 Å². The second-order valence-corrected chi connectivity index (χ2v) is 5.43. The van der Waals surface area contributed by atoms with Crippen molar-refractivity contribution < 1.29 is 14.2 Å². The number of hydrogen-bond acceptors (Lipinski definition) is 3. The molecular formula is C16H24FNO2. The van der Waals surface area contributed by atoms with Crippen molar-refractivity contribution in [3.63, 3.8) is 0 Å². The SMILES string of the molecule is CCCOC1CCCN(c2c(F)cccc2C(C)O)C1. The van der Waals surface area contributed by atoms with Gasteiger partial charge in [-0.25, -0.2) is 4.39 Å². The molecule has 1 aromatic carbocycles. The Kier molecular flexibility index (Phi) is 5.38. The van der Waals surface area contributed by atoms with E-state index >= 15 is 0 Å². The molecule has 112 valence electrons. The van der Waals surface area contributed by atoms with Gasteiger partial charge in [0.05, 0.1) is 17.9 Å². The predicted octanol–water partition coefficient (Wildman–Crippen LogP) is 3.27. The van der Waals surface area contributed by atoms with Gasteiger partial charge >= 0.3 is 0 Å². The van der Waals surface area contributed by atoms with Crippen LogP contribution in [0.2, 0.25) is 0 Å². The molecule has 2 rings (SSSR count). The Morgan fingerprint density at radius 3 is 3.00 bits per heavy atom. The van der Waals surface area contributed by atoms with E-state index in [1.165, 1.54) is 6.07 Å². The van der Waals surface area contributed by atoms with Crippen LogP contribution < -0.4 is 4.90 Å². The summed E-state index contributed by atoms with van der Waals surface area (Å²) >= 11 is 0. The van der Waals surface area contributed by atoms with Gasteiger partial charge in [-0.15, -0.1) is 0 Å². The molecule has 1 aliphatic heterocycles. The maximum Gasteiger partial charge on any atom is 0.146 e. The van der Waals surface area contributed by atoms with E-state index < -0.39 is 6.10 Å². The summed E-state index contributed by atoms with van der Waals surface area (Å²) in [7, 11) is 0. The lowest BCUT2D eigenvalue weighted by Crippen LogP contribution is -2.40. The molecule has 2 atom stereocenters. The van der Waals surface area contributed by atoms with Gasteiger partial charge in [0.2, 0.25) is 0 Å². The third-order valence-electron chi connectivity index (χ3n) is 3.72. The summed E-state index contributed by atoms with van der Waals surface area (Å²) < 4.78 is 20.0. The monoisotopic (exact) mass is 281 g/mol. The summed E-state index contributed by atoms with van der Waals surface area (Å²) in [5.41, 5.74) is 1.19. The average molecular weight is 281 g/mol. The van der Waals surface area contributed by atoms with E-state index in [4.69, 9.17) is 4.74 Å². The lowest BCUT2D eigenvalue weighted by molar-refractivity contribution is 0.0438. The summed E-state index contributed by atoms with van der Waals surface area (Å²) in [4.78, 5) is 2.02. The predicted molar refractivity (Wildman–Crippen MR) is 78.5 cm³/mol. The van der Waals surface area contributed by atoms with E-state index in [9.17, 15) is 9.50 Å². The molecule has 1 N–H and O–H groups in total. The minimum atomic E-state index is -0.669. The van der Waals surface area contributed by atoms with E-state index in [0.717, 1.165) is 32.4 Å². The molecule has 4 heteroatoms. The number of para-hydroxylation sites is 1. The second-order valence-electron chi connectivity index (χ2n) is 5.43. The zero-order chi connectivity index (χ0) is 14.5. The van der Waals surface area contributed by atoms with Gasteiger partial charge in [-0.1, -0.05) is 19.1 Å². The highest BCUT2D eigenvalue weighted by atomic mass is 19.1. The molecule has 1 fully saturated rings. The van der Waals surface area contributed by atoms with Crippen molar-refractivity contribution >= 4 is 5.69 Å². The Hall–Kier alpha value is -1.13. The third kappa shape index (κ3) is 3.49. The first kappa shape index (κ1) is 15.3. The Labute approximate surface area is 120 Å². The first-order valence-corrected chi connectivity index (χ1v) is 7.46. The van der Waals surface area contributed by atoms with Gasteiger partial charge in [-0.05, 0) is 32.3 Å². The van der Waals surface area contributed by atoms with Crippen molar-refractivity contribution in [1.82, 2.24) is 0 Å². The van der Waals surface area contributed by atoms with Gasteiger partial charge in [0.15, 0.2) is 0 Å². The number of aliphatic hydroxyl groups excluding tert-OH is 1. The van der Waals surface area contributed by atoms with E-state index in [0.29, 0.717) is 17.8 Å². The summed E-state index contributed by atoms with van der Waals surface area (Å²) in [5, 5.41) is 9.84. The molecule has 0 aromatic heterocycles. The van der Waals surface area contributed by atoms with E-state index in [-0.39, 0.29) is 11.9 Å². The van der Waals surface area contributed by atoms with Crippen molar-refractivity contribution in [2.75, 3.05) is 24.6 Å². The quantitative estimate of drug-likeness (QED) is 0.899. The highest BCUT2D eigenvalue weighted by Crippen LogP contribution is 2.31. The fourth-order valence-corrected chi connectivity index (χ4v) is 2.76. The van der Waals surface area contributed by atoms with Crippen LogP contribution >= 0.6 is 0 Å². The van der Waals surface area contributed by atoms with E-state index in [1.807, 2.05) is 4.90 Å². The average Bonchev–Trinajstić information content (AvgIpc) is 2.45. The molecule has 2 unspecified atom stereocenters. The van der Waals surface area contributed by atoms with Gasteiger partial charge in [-0.2, -0.15) is 0 Å². The summed E-state index contributed by atoms with van der Waals surface area (Å²) in [6, 6.07) is 4.90. The highest BCUT2D eigenvalue weighted by Gasteiger charge is 2.25. The third-order valence-corrected chi connectivity index (χ3v) is 3.72. The molecule has 3 nitrogen and oxygen atoms in total. The number of hydrogen-bond donors (Lipinski definition) is 1. The molecule has 0 saturated carbocycles. The van der Waals surface area contributed by atoms with Gasteiger partial charge in [0.1, 0.15) is 5.82 Å². The molecule has 0 radical (unpaired) electrons. The highest BCUT2D eigenvalue weighted by molar-refractivity contribution is 5.56. The van der Waals surface area contributed by atoms with Crippen molar-refractivity contribution in [3.05, 3.63) is 29.6 Å². The van der Waals surface area contributed by atoms with Crippen LogP contribution in [0.1, 0.15) is 44.8 Å². The molecule has 20 heavy (non-hydrogen) atoms. The van der Waals surface area contributed by atoms with Crippen LogP contribution in [0.3, 0.4) is 0 Å². The molecule has 1 aliphatic rings. The normalized spacial score (nSPS) is 21.0. The molecule has 1 saturated heterocycles. The van der Waals surface area contributed by atoms with Gasteiger partial charge in [0, 0.05) is 25.3 Å². The maximum absolute atomic E-state index is 14.2. The van der Waals surface area contributed by atoms with Crippen LogP contribution in [0.5, 0.6) is 0 Å². The second kappa shape index (κ2) is 7.04. The molecular weight excluding hydrogens is 257 g/mol. The minimum absolute atomic E-state index is 0.158. The number of piperidine rings is 1. The summed E-state index contributed by atoms with van der Waals surface area (Å²) in [6.07, 6.45) is 2.49. The van der Waals surface area contributed by atoms with Crippen molar-refractivity contribution in [1.29, 1.82) is 0 Å². The van der Waals surface area contributed by atoms with Crippen LogP contribution in [0.15, 0.2) is 18.2 Å². The molecule has 0 aliphatic carbocycles. The molecule has 1 heterocycles. The lowest BCUT2D eigenvalue weighted by Gasteiger charge is -2.36. The summed E-state index contributed by atoms with van der Waals surface area (Å²) in [6.45, 7) is 6.02. The molecule has 0 amide bonds. The van der Waals surface area contributed by atoms with Crippen LogP contribution in [0.25, 0.3) is 0 Å². The van der Waals surface area contributed by atoms with Crippen molar-refractivity contribution in [2.24, 2.45) is 0 Å². The minimum Gasteiger partial charge on any atom is -0.389 e. The number of anilines is 1. The first-order chi connectivity index (χ1) is 9.63. The number of aliphatic hydroxyl groups is 1. The Bertz CT molecular complexity index is 436. The number of benzene rings is 1. The van der Waals surface area contributed by atoms with Crippen molar-refractivity contribution in [2.45, 2.75) is 45.3 Å². The number of halogens is 1. The van der Waals surface area contributed by atoms with Gasteiger partial charge in [0.25, 0.3) is 0 Å². The van der Waals surface area contributed by atoms with Crippen LogP contribution in [0, 0.1) is 5.82 Å². The number of rotatable bonds is 5. The van der Waals surface area contributed by atoms with Crippen LogP contribution in [-0.4, -0.2) is 30.9 Å². The fourth-order valence-electron chi connectivity index (χ4n) is 2.76. The lowest BCUT2D eigenvalue weighted by atomic mass is 10.0. The Balaban J connectivity index is 2.18. The van der Waals surface area contributed by atoms with Crippen molar-refractivity contribution in [3.8, 4) is 0 Å². The van der Waals surface area contributed by atoms with Crippen LogP contribution in [-0.2, 0) is 4.74 Å². The van der Waals surface area contributed by atoms with Gasteiger partial charge in [-0.3, -0.25) is 0 Å². The number of ether oxygens (including phenoxy) is 1. The van der Waals surface area contributed by atoms with Crippen LogP contribution in [0.4, 0.5) is 10.1 Å². The first-order valence-electron chi connectivity index (χ1n) is 7.46. The zero-order valence-electron chi connectivity index (χ0n) is 12.3. The standard InChI is InChI=1S/C16H24FNO2/c1-3-10-20-13-6-5-9-18(11-13)16-14(12(2)19)7-4-8-15(16)17/h4,7-8,12-13,19H,3,5-6,9-11H2,1-2H3. The smallest absolute Gasteiger partial charge is 0.146 e. The maximum atomic E-state index is 14.2. The number of nitrogens with zero attached hydrogens (tertiary/aromatic N) is 1. The zero-order valence-corrected chi connectivity index (χ0v) is 12.3. The Morgan fingerprint density at radius 2 is 2.30 bits per heavy atom. The van der Waals surface area contributed by atoms with E-state index in [1.54, 1.807) is 19.1 Å². The summed E-state index contributed by atoms with van der Waals surface area (Å²) in [5.74, 6) is -0.264. The molecule has 0 bridgehead atoms. The molecule has 1 aromatic rings. The fraction of sp³-hybridized carbons (Fsp3) is 0.625. The topological polar surface area (TPSA) is 32.7 Å². The molecule has 0 spiro atoms. The van der Waals surface area contributed by atoms with Gasteiger partial charge < -0.3 is 14.7 Å². The largest absolute Gasteiger partial charge is 0.389 e. The Morgan fingerprint density at radius 1 is 1.50 bits per heavy atom.